The van der Waals surface area contributed by atoms with Crippen LogP contribution in [0.3, 0.4) is 0 Å². The highest BCUT2D eigenvalue weighted by molar-refractivity contribution is 5.69. The second kappa shape index (κ2) is 18.4. The summed E-state index contributed by atoms with van der Waals surface area (Å²) in [6.45, 7) is 4.91. The third-order valence-corrected chi connectivity index (χ3v) is 7.72. The summed E-state index contributed by atoms with van der Waals surface area (Å²) in [6.07, 6.45) is 22.1. The molecule has 0 spiro atoms. The van der Waals surface area contributed by atoms with E-state index in [-0.39, 0.29) is 23.5 Å². The van der Waals surface area contributed by atoms with Crippen LogP contribution in [-0.4, -0.2) is 36.4 Å². The van der Waals surface area contributed by atoms with Gasteiger partial charge in [-0.05, 0) is 32.7 Å². The molecule has 0 radical (unpaired) electrons. The Labute approximate surface area is 229 Å². The van der Waals surface area contributed by atoms with Crippen LogP contribution in [0.15, 0.2) is 15.9 Å². The van der Waals surface area contributed by atoms with Crippen molar-refractivity contribution in [3.05, 3.63) is 27.2 Å². The van der Waals surface area contributed by atoms with Gasteiger partial charge in [0.2, 0.25) is 0 Å². The molecular formula is C30H55N5O3. The fourth-order valence-corrected chi connectivity index (χ4v) is 5.33. The first kappa shape index (κ1) is 32.3. The van der Waals surface area contributed by atoms with E-state index in [0.29, 0.717) is 11.2 Å². The Bertz CT molecular complexity index is 1020. The van der Waals surface area contributed by atoms with Crippen LogP contribution in [0.4, 0.5) is 0 Å². The maximum atomic E-state index is 13.4. The second-order valence-corrected chi connectivity index (χ2v) is 11.2. The van der Waals surface area contributed by atoms with E-state index in [9.17, 15) is 14.7 Å². The van der Waals surface area contributed by atoms with Crippen LogP contribution in [0.25, 0.3) is 11.2 Å². The van der Waals surface area contributed by atoms with Gasteiger partial charge in [0, 0.05) is 14.1 Å². The van der Waals surface area contributed by atoms with Gasteiger partial charge in [0.05, 0.1) is 18.6 Å². The molecule has 218 valence electrons. The van der Waals surface area contributed by atoms with Crippen LogP contribution >= 0.6 is 0 Å². The maximum Gasteiger partial charge on any atom is 0.333 e. The third-order valence-electron chi connectivity index (χ3n) is 7.72. The molecule has 2 atom stereocenters. The summed E-state index contributed by atoms with van der Waals surface area (Å²) in [5.74, 6) is 0. The fourth-order valence-electron chi connectivity index (χ4n) is 5.33. The number of aliphatic hydroxyl groups is 1. The number of aryl methyl sites for hydroxylation is 2. The van der Waals surface area contributed by atoms with E-state index in [1.807, 2.05) is 6.92 Å². The zero-order valence-corrected chi connectivity index (χ0v) is 24.7. The van der Waals surface area contributed by atoms with Gasteiger partial charge in [0.15, 0.2) is 11.2 Å². The molecule has 8 nitrogen and oxygen atoms in total. The van der Waals surface area contributed by atoms with Crippen molar-refractivity contribution in [2.24, 2.45) is 14.1 Å². The smallest absolute Gasteiger partial charge is 0.333 e. The van der Waals surface area contributed by atoms with Crippen LogP contribution in [0, 0.1) is 0 Å². The highest BCUT2D eigenvalue weighted by Gasteiger charge is 2.21. The molecule has 0 amide bonds. The summed E-state index contributed by atoms with van der Waals surface area (Å²) < 4.78 is 4.62. The number of nitrogens with zero attached hydrogens (tertiary/aromatic N) is 4. The monoisotopic (exact) mass is 533 g/mol. The Morgan fingerprint density at radius 2 is 1.34 bits per heavy atom. The van der Waals surface area contributed by atoms with Crippen molar-refractivity contribution >= 4 is 11.2 Å². The average molecular weight is 534 g/mol. The van der Waals surface area contributed by atoms with Gasteiger partial charge in [-0.25, -0.2) is 14.3 Å². The highest BCUT2D eigenvalue weighted by Crippen LogP contribution is 2.16. The fraction of sp³-hybridized carbons (Fsp3) is 0.833. The minimum atomic E-state index is -0.311. The van der Waals surface area contributed by atoms with Crippen molar-refractivity contribution in [1.29, 1.82) is 0 Å². The largest absolute Gasteiger partial charge is 0.393 e. The molecule has 2 aromatic rings. The Morgan fingerprint density at radius 3 is 1.92 bits per heavy atom. The molecule has 38 heavy (non-hydrogen) atoms. The minimum Gasteiger partial charge on any atom is -0.393 e. The molecular weight excluding hydrogens is 478 g/mol. The van der Waals surface area contributed by atoms with Crippen molar-refractivity contribution in [1.82, 2.24) is 24.0 Å². The van der Waals surface area contributed by atoms with Crippen molar-refractivity contribution in [3.8, 4) is 0 Å². The molecule has 0 aliphatic heterocycles. The maximum absolute atomic E-state index is 13.4. The number of aromatic nitrogens is 4. The number of imidazole rings is 1. The second-order valence-electron chi connectivity index (χ2n) is 11.2. The predicted molar refractivity (Wildman–Crippen MR) is 158 cm³/mol. The molecule has 0 aliphatic rings. The average Bonchev–Trinajstić information content (AvgIpc) is 3.28. The van der Waals surface area contributed by atoms with Gasteiger partial charge in [0.25, 0.3) is 5.56 Å². The van der Waals surface area contributed by atoms with Crippen molar-refractivity contribution in [2.75, 3.05) is 6.54 Å². The first-order valence-electron chi connectivity index (χ1n) is 15.4. The van der Waals surface area contributed by atoms with Gasteiger partial charge in [-0.15, -0.1) is 0 Å². The van der Waals surface area contributed by atoms with E-state index >= 15 is 0 Å². The lowest BCUT2D eigenvalue weighted by atomic mass is 10.1. The molecule has 2 N–H and O–H groups in total. The molecule has 0 aliphatic carbocycles. The Hall–Kier alpha value is -1.93. The lowest BCUT2D eigenvalue weighted by Crippen LogP contribution is -2.46. The summed E-state index contributed by atoms with van der Waals surface area (Å²) in [5, 5.41) is 13.0. The van der Waals surface area contributed by atoms with Gasteiger partial charge in [-0.3, -0.25) is 14.7 Å². The molecule has 0 saturated carbocycles. The standard InChI is InChI=1S/C30H55N5O3/c1-5-6-7-8-9-10-11-14-17-20-23-31-26(22-19-16-13-12-15-18-21-25(2)36)35-29(37)27-28(32-24-33(27)3)34(4)30(35)38/h24-26,31,36H,5-23H2,1-4H3. The first-order valence-corrected chi connectivity index (χ1v) is 15.4. The van der Waals surface area contributed by atoms with Crippen LogP contribution in [0.2, 0.25) is 0 Å². The first-order chi connectivity index (χ1) is 18.4. The molecule has 2 heterocycles. The van der Waals surface area contributed by atoms with E-state index in [4.69, 9.17) is 0 Å². The van der Waals surface area contributed by atoms with E-state index in [0.717, 1.165) is 64.3 Å². The lowest BCUT2D eigenvalue weighted by molar-refractivity contribution is 0.180. The van der Waals surface area contributed by atoms with E-state index in [1.165, 1.54) is 66.9 Å². The topological polar surface area (TPSA) is 94.1 Å². The quantitative estimate of drug-likeness (QED) is 0.183. The minimum absolute atomic E-state index is 0.213. The number of nitrogens with one attached hydrogen (secondary N) is 1. The third kappa shape index (κ3) is 10.7. The van der Waals surface area contributed by atoms with E-state index in [1.54, 1.807) is 25.0 Å². The van der Waals surface area contributed by atoms with E-state index < -0.39 is 0 Å². The van der Waals surface area contributed by atoms with Gasteiger partial charge in [-0.1, -0.05) is 103 Å². The Morgan fingerprint density at radius 1 is 0.816 bits per heavy atom. The van der Waals surface area contributed by atoms with Gasteiger partial charge in [0.1, 0.15) is 0 Å². The highest BCUT2D eigenvalue weighted by atomic mass is 16.3. The van der Waals surface area contributed by atoms with Crippen LogP contribution in [-0.2, 0) is 14.1 Å². The molecule has 2 rings (SSSR count). The van der Waals surface area contributed by atoms with Gasteiger partial charge >= 0.3 is 5.69 Å². The van der Waals surface area contributed by atoms with Crippen LogP contribution in [0.5, 0.6) is 0 Å². The number of unbranched alkanes of at least 4 members (excludes halogenated alkanes) is 14. The zero-order valence-electron chi connectivity index (χ0n) is 24.7. The van der Waals surface area contributed by atoms with Crippen molar-refractivity contribution in [2.45, 2.75) is 142 Å². The molecule has 8 heteroatoms. The molecule has 0 aromatic carbocycles. The molecule has 2 unspecified atom stereocenters. The Balaban J connectivity index is 1.90. The van der Waals surface area contributed by atoms with E-state index in [2.05, 4.69) is 17.2 Å². The number of hydrogen-bond acceptors (Lipinski definition) is 5. The van der Waals surface area contributed by atoms with Crippen molar-refractivity contribution in [3.63, 3.8) is 0 Å². The summed E-state index contributed by atoms with van der Waals surface area (Å²) in [7, 11) is 3.50. The molecule has 0 saturated heterocycles. The number of rotatable bonds is 22. The summed E-state index contributed by atoms with van der Waals surface area (Å²) in [4.78, 5) is 30.9. The number of hydrogen-bond donors (Lipinski definition) is 2. The summed E-state index contributed by atoms with van der Waals surface area (Å²) >= 11 is 0. The van der Waals surface area contributed by atoms with Gasteiger partial charge < -0.3 is 9.67 Å². The molecule has 2 aromatic heterocycles. The van der Waals surface area contributed by atoms with Crippen molar-refractivity contribution < 1.29 is 5.11 Å². The summed E-state index contributed by atoms with van der Waals surface area (Å²) in [5.41, 5.74) is 0.335. The molecule has 0 fully saturated rings. The van der Waals surface area contributed by atoms with Crippen LogP contribution < -0.4 is 16.6 Å². The molecule has 0 bridgehead atoms. The SMILES string of the molecule is CCCCCCCCCCCCNC(CCCCCCCCC(C)O)n1c(=O)c2c(ncn2C)n(C)c1=O. The Kier molecular flexibility index (Phi) is 15.6. The van der Waals surface area contributed by atoms with Gasteiger partial charge in [-0.2, -0.15) is 0 Å². The normalized spacial score (nSPS) is 13.4. The predicted octanol–water partition coefficient (Wildman–Crippen LogP) is 5.94. The van der Waals surface area contributed by atoms with Crippen LogP contribution in [0.1, 0.15) is 136 Å². The zero-order chi connectivity index (χ0) is 27.8. The number of fused-ring (bicyclic) bond motifs is 1. The number of aliphatic hydroxyl groups excluding tert-OH is 1. The summed E-state index contributed by atoms with van der Waals surface area (Å²) in [6, 6.07) is 0. The lowest BCUT2D eigenvalue weighted by Gasteiger charge is -2.22.